The van der Waals surface area contributed by atoms with Crippen LogP contribution in [-0.2, 0) is 23.2 Å². The predicted molar refractivity (Wildman–Crippen MR) is 125 cm³/mol. The van der Waals surface area contributed by atoms with E-state index >= 15 is 0 Å². The van der Waals surface area contributed by atoms with E-state index in [0.717, 1.165) is 47.4 Å². The molecule has 5 rings (SSSR count). The molecule has 2 aliphatic rings. The molecule has 1 N–H and O–H groups in total. The van der Waals surface area contributed by atoms with Gasteiger partial charge in [-0.25, -0.2) is 4.79 Å². The Morgan fingerprint density at radius 2 is 1.89 bits per heavy atom. The van der Waals surface area contributed by atoms with Crippen LogP contribution in [0.25, 0.3) is 10.9 Å². The fraction of sp³-hybridized carbons (Fsp3) is 0.375. The van der Waals surface area contributed by atoms with Crippen LogP contribution in [0.2, 0.25) is 0 Å². The second-order valence-corrected chi connectivity index (χ2v) is 10.1. The minimum Gasteiger partial charge on any atom is -0.475 e. The van der Waals surface area contributed by atoms with E-state index in [-0.39, 0.29) is 16.8 Å². The summed E-state index contributed by atoms with van der Waals surface area (Å²) in [5.41, 5.74) is 2.87. The van der Waals surface area contributed by atoms with Crippen molar-refractivity contribution in [2.24, 2.45) is 7.05 Å². The van der Waals surface area contributed by atoms with Gasteiger partial charge in [0.2, 0.25) is 0 Å². The molecule has 0 bridgehead atoms. The standard InChI is InChI=1S/C22H23N3O2S.C2HF3O2/c1-24-11-19(18-7-2-3-8-20(18)24)21(26)25-14-22(15-25)10-17(13-28-22)27-12-16-6-4-5-9-23-16;3-2(4,5)1(6)7/h2-9,11,17H,10,12-15H2,1H3;(H,6,7). The number of fused-ring (bicyclic) bond motifs is 1. The van der Waals surface area contributed by atoms with Gasteiger partial charge in [-0.3, -0.25) is 9.78 Å². The lowest BCUT2D eigenvalue weighted by Gasteiger charge is -2.47. The number of ether oxygens (including phenoxy) is 1. The highest BCUT2D eigenvalue weighted by atomic mass is 32.2. The smallest absolute Gasteiger partial charge is 0.475 e. The summed E-state index contributed by atoms with van der Waals surface area (Å²) >= 11 is 1.96. The van der Waals surface area contributed by atoms with Crippen molar-refractivity contribution >= 4 is 34.5 Å². The zero-order valence-corrected chi connectivity index (χ0v) is 19.7. The summed E-state index contributed by atoms with van der Waals surface area (Å²) in [5.74, 6) is -1.63. The molecular formula is C24H24F3N3O4S. The zero-order valence-electron chi connectivity index (χ0n) is 18.9. The van der Waals surface area contributed by atoms with E-state index in [1.165, 1.54) is 0 Å². The third-order valence-corrected chi connectivity index (χ3v) is 7.56. The molecule has 2 aromatic heterocycles. The number of carboxylic acids is 1. The van der Waals surface area contributed by atoms with Gasteiger partial charge in [-0.2, -0.15) is 13.2 Å². The molecule has 0 saturated carbocycles. The lowest BCUT2D eigenvalue weighted by atomic mass is 9.92. The van der Waals surface area contributed by atoms with Gasteiger partial charge in [0.05, 0.1) is 28.7 Å². The number of carbonyl (C=O) groups is 2. The second-order valence-electron chi connectivity index (χ2n) is 8.59. The molecule has 1 spiro atoms. The number of carboxylic acid groups (broad SMARTS) is 1. The van der Waals surface area contributed by atoms with Gasteiger partial charge >= 0.3 is 12.1 Å². The number of benzene rings is 1. The molecule has 3 aromatic rings. The van der Waals surface area contributed by atoms with Crippen molar-refractivity contribution in [2.75, 3.05) is 18.8 Å². The number of aryl methyl sites for hydroxylation is 1. The number of nitrogens with zero attached hydrogens (tertiary/aromatic N) is 3. The second kappa shape index (κ2) is 9.90. The van der Waals surface area contributed by atoms with Gasteiger partial charge in [-0.15, -0.1) is 11.8 Å². The number of rotatable bonds is 4. The number of halogens is 3. The molecule has 35 heavy (non-hydrogen) atoms. The molecule has 0 radical (unpaired) electrons. The molecule has 2 fully saturated rings. The average molecular weight is 508 g/mol. The number of aliphatic carboxylic acids is 1. The SMILES string of the molecule is Cn1cc(C(=O)N2CC3(CC(OCc4ccccn4)CS3)C2)c2ccccc21.O=C(O)C(F)(F)F. The van der Waals surface area contributed by atoms with Crippen molar-refractivity contribution in [3.63, 3.8) is 0 Å². The Hall–Kier alpha value is -3.05. The summed E-state index contributed by atoms with van der Waals surface area (Å²) in [7, 11) is 1.99. The molecule has 1 aromatic carbocycles. The number of para-hydroxylation sites is 1. The summed E-state index contributed by atoms with van der Waals surface area (Å²) in [6.45, 7) is 2.17. The number of carbonyl (C=O) groups excluding carboxylic acids is 1. The molecule has 1 unspecified atom stereocenters. The van der Waals surface area contributed by atoms with Gasteiger partial charge in [0.25, 0.3) is 5.91 Å². The molecule has 7 nitrogen and oxygen atoms in total. The number of pyridine rings is 1. The number of alkyl halides is 3. The van der Waals surface area contributed by atoms with Crippen LogP contribution in [0.1, 0.15) is 22.5 Å². The van der Waals surface area contributed by atoms with E-state index in [1.54, 1.807) is 6.20 Å². The lowest BCUT2D eigenvalue weighted by Crippen LogP contribution is -2.60. The Labute approximate surface area is 203 Å². The Balaban J connectivity index is 0.000000364. The van der Waals surface area contributed by atoms with Gasteiger partial charge in [-0.05, 0) is 24.6 Å². The van der Waals surface area contributed by atoms with E-state index in [4.69, 9.17) is 14.6 Å². The molecule has 4 heterocycles. The van der Waals surface area contributed by atoms with E-state index in [2.05, 4.69) is 11.1 Å². The van der Waals surface area contributed by atoms with Crippen LogP contribution in [0.4, 0.5) is 13.2 Å². The van der Waals surface area contributed by atoms with E-state index in [1.807, 2.05) is 70.9 Å². The Kier molecular flexibility index (Phi) is 7.09. The normalized spacial score (nSPS) is 18.7. The van der Waals surface area contributed by atoms with Crippen LogP contribution < -0.4 is 0 Å². The van der Waals surface area contributed by atoms with Crippen molar-refractivity contribution in [1.29, 1.82) is 0 Å². The number of hydrogen-bond acceptors (Lipinski definition) is 5. The highest BCUT2D eigenvalue weighted by Gasteiger charge is 2.51. The molecule has 1 atom stereocenters. The summed E-state index contributed by atoms with van der Waals surface area (Å²) in [6.07, 6.45) is -0.0869. The minimum atomic E-state index is -5.08. The molecular weight excluding hydrogens is 483 g/mol. The van der Waals surface area contributed by atoms with Crippen LogP contribution in [0, 0.1) is 0 Å². The number of thioether (sulfide) groups is 1. The number of hydrogen-bond donors (Lipinski definition) is 1. The maximum absolute atomic E-state index is 13.1. The fourth-order valence-corrected chi connectivity index (χ4v) is 5.84. The number of aromatic nitrogens is 2. The predicted octanol–water partition coefficient (Wildman–Crippen LogP) is 4.12. The summed E-state index contributed by atoms with van der Waals surface area (Å²) in [4.78, 5) is 28.2. The highest BCUT2D eigenvalue weighted by molar-refractivity contribution is 8.01. The zero-order chi connectivity index (χ0) is 25.2. The molecule has 1 amide bonds. The minimum absolute atomic E-state index is 0.140. The van der Waals surface area contributed by atoms with E-state index < -0.39 is 12.1 Å². The third-order valence-electron chi connectivity index (χ3n) is 5.98. The van der Waals surface area contributed by atoms with Gasteiger partial charge in [-0.1, -0.05) is 24.3 Å². The van der Waals surface area contributed by atoms with Crippen LogP contribution >= 0.6 is 11.8 Å². The van der Waals surface area contributed by atoms with Gasteiger partial charge in [0.1, 0.15) is 0 Å². The molecule has 11 heteroatoms. The van der Waals surface area contributed by atoms with Crippen LogP contribution in [-0.4, -0.2) is 67.3 Å². The summed E-state index contributed by atoms with van der Waals surface area (Å²) in [5, 5.41) is 8.16. The van der Waals surface area contributed by atoms with Crippen molar-refractivity contribution in [3.8, 4) is 0 Å². The molecule has 2 aliphatic heterocycles. The number of amides is 1. The molecule has 2 saturated heterocycles. The largest absolute Gasteiger partial charge is 0.490 e. The first-order valence-corrected chi connectivity index (χ1v) is 11.9. The Morgan fingerprint density at radius 3 is 2.54 bits per heavy atom. The maximum Gasteiger partial charge on any atom is 0.490 e. The summed E-state index contributed by atoms with van der Waals surface area (Å²) < 4.78 is 40.0. The fourth-order valence-electron chi connectivity index (χ4n) is 4.29. The van der Waals surface area contributed by atoms with E-state index in [0.29, 0.717) is 6.61 Å². The first-order valence-electron chi connectivity index (χ1n) is 10.9. The first kappa shape index (κ1) is 25.1. The highest BCUT2D eigenvalue weighted by Crippen LogP contribution is 2.46. The molecule has 186 valence electrons. The van der Waals surface area contributed by atoms with Crippen molar-refractivity contribution in [2.45, 2.75) is 30.1 Å². The Morgan fingerprint density at radius 1 is 1.20 bits per heavy atom. The van der Waals surface area contributed by atoms with Gasteiger partial charge in [0, 0.05) is 49.2 Å². The van der Waals surface area contributed by atoms with E-state index in [9.17, 15) is 18.0 Å². The monoisotopic (exact) mass is 507 g/mol. The van der Waals surface area contributed by atoms with Crippen molar-refractivity contribution < 1.29 is 32.6 Å². The van der Waals surface area contributed by atoms with Gasteiger partial charge in [0.15, 0.2) is 0 Å². The summed E-state index contributed by atoms with van der Waals surface area (Å²) in [6, 6.07) is 14.0. The Bertz CT molecular complexity index is 1210. The van der Waals surface area contributed by atoms with Crippen LogP contribution in [0.15, 0.2) is 54.9 Å². The number of likely N-dealkylation sites (tertiary alicyclic amines) is 1. The lowest BCUT2D eigenvalue weighted by molar-refractivity contribution is -0.192. The van der Waals surface area contributed by atoms with Crippen LogP contribution in [0.3, 0.4) is 0 Å². The molecule has 0 aliphatic carbocycles. The quantitative estimate of drug-likeness (QED) is 0.572. The topological polar surface area (TPSA) is 84.7 Å². The maximum atomic E-state index is 13.1. The third kappa shape index (κ3) is 5.62. The average Bonchev–Trinajstić information content (AvgIpc) is 3.39. The van der Waals surface area contributed by atoms with Crippen molar-refractivity contribution in [3.05, 3.63) is 66.1 Å². The first-order chi connectivity index (χ1) is 16.6. The van der Waals surface area contributed by atoms with Gasteiger partial charge < -0.3 is 19.3 Å². The van der Waals surface area contributed by atoms with Crippen LogP contribution in [0.5, 0.6) is 0 Å². The van der Waals surface area contributed by atoms with Crippen molar-refractivity contribution in [1.82, 2.24) is 14.5 Å².